The first-order valence-electron chi connectivity index (χ1n) is 6.83. The first kappa shape index (κ1) is 13.0. The van der Waals surface area contributed by atoms with Crippen LogP contribution in [0.5, 0.6) is 11.5 Å². The van der Waals surface area contributed by atoms with Gasteiger partial charge in [0.25, 0.3) is 0 Å². The largest absolute Gasteiger partial charge is 0.486 e. The van der Waals surface area contributed by atoms with E-state index in [1.807, 2.05) is 38.1 Å². The lowest BCUT2D eigenvalue weighted by molar-refractivity contribution is 0.0902. The van der Waals surface area contributed by atoms with Crippen molar-refractivity contribution in [3.05, 3.63) is 41.2 Å². The third-order valence-electron chi connectivity index (χ3n) is 3.52. The van der Waals surface area contributed by atoms with Crippen molar-refractivity contribution in [1.82, 2.24) is 15.5 Å². The van der Waals surface area contributed by atoms with Gasteiger partial charge in [0.2, 0.25) is 0 Å². The highest BCUT2D eigenvalue weighted by Gasteiger charge is 2.20. The SMILES string of the molecule is Cc1n[nH]c(C)c1CNC[C@@H]1COc2ccccc2O1. The maximum absolute atomic E-state index is 5.90. The van der Waals surface area contributed by atoms with E-state index in [4.69, 9.17) is 9.47 Å². The Hall–Kier alpha value is -2.01. The summed E-state index contributed by atoms with van der Waals surface area (Å²) >= 11 is 0. The Labute approximate surface area is 118 Å². The summed E-state index contributed by atoms with van der Waals surface area (Å²) in [4.78, 5) is 0. The molecule has 0 fully saturated rings. The summed E-state index contributed by atoms with van der Waals surface area (Å²) in [6.07, 6.45) is 0.0393. The van der Waals surface area contributed by atoms with Gasteiger partial charge in [-0.3, -0.25) is 5.10 Å². The van der Waals surface area contributed by atoms with Crippen LogP contribution >= 0.6 is 0 Å². The molecule has 1 aromatic heterocycles. The van der Waals surface area contributed by atoms with Gasteiger partial charge in [-0.1, -0.05) is 12.1 Å². The first-order valence-corrected chi connectivity index (χ1v) is 6.83. The summed E-state index contributed by atoms with van der Waals surface area (Å²) in [5.41, 5.74) is 3.38. The lowest BCUT2D eigenvalue weighted by atomic mass is 10.2. The Balaban J connectivity index is 1.53. The maximum atomic E-state index is 5.90. The van der Waals surface area contributed by atoms with Crippen LogP contribution in [-0.4, -0.2) is 29.5 Å². The number of hydrogen-bond donors (Lipinski definition) is 2. The highest BCUT2D eigenvalue weighted by Crippen LogP contribution is 2.30. The smallest absolute Gasteiger partial charge is 0.161 e. The van der Waals surface area contributed by atoms with Crippen LogP contribution < -0.4 is 14.8 Å². The van der Waals surface area contributed by atoms with Crippen molar-refractivity contribution in [2.24, 2.45) is 0 Å². The van der Waals surface area contributed by atoms with Crippen molar-refractivity contribution in [1.29, 1.82) is 0 Å². The molecule has 0 radical (unpaired) electrons. The number of aryl methyl sites for hydroxylation is 2. The lowest BCUT2D eigenvalue weighted by Crippen LogP contribution is -2.38. The Morgan fingerprint density at radius 2 is 2.10 bits per heavy atom. The van der Waals surface area contributed by atoms with Gasteiger partial charge in [0.15, 0.2) is 11.5 Å². The third kappa shape index (κ3) is 2.63. The van der Waals surface area contributed by atoms with Crippen LogP contribution in [0.15, 0.2) is 24.3 Å². The molecule has 0 bridgehead atoms. The fraction of sp³-hybridized carbons (Fsp3) is 0.400. The van der Waals surface area contributed by atoms with Crippen molar-refractivity contribution in [3.8, 4) is 11.5 Å². The van der Waals surface area contributed by atoms with Gasteiger partial charge < -0.3 is 14.8 Å². The Morgan fingerprint density at radius 3 is 2.85 bits per heavy atom. The summed E-state index contributed by atoms with van der Waals surface area (Å²) in [6, 6.07) is 7.77. The molecule has 1 atom stereocenters. The zero-order valence-corrected chi connectivity index (χ0v) is 11.8. The van der Waals surface area contributed by atoms with Gasteiger partial charge in [-0.2, -0.15) is 5.10 Å². The number of H-pyrrole nitrogens is 1. The molecule has 0 saturated carbocycles. The Morgan fingerprint density at radius 1 is 1.30 bits per heavy atom. The molecule has 1 aromatic carbocycles. The number of ether oxygens (including phenoxy) is 2. The molecule has 1 aliphatic rings. The number of para-hydroxylation sites is 2. The highest BCUT2D eigenvalue weighted by molar-refractivity contribution is 5.40. The molecule has 0 saturated heterocycles. The van der Waals surface area contributed by atoms with E-state index in [2.05, 4.69) is 15.5 Å². The first-order chi connectivity index (χ1) is 9.74. The number of aromatic nitrogens is 2. The maximum Gasteiger partial charge on any atom is 0.161 e. The molecule has 106 valence electrons. The van der Waals surface area contributed by atoms with Crippen molar-refractivity contribution in [2.75, 3.05) is 13.2 Å². The second kappa shape index (κ2) is 5.54. The predicted octanol–water partition coefficient (Wildman–Crippen LogP) is 1.96. The van der Waals surface area contributed by atoms with E-state index in [0.717, 1.165) is 36.0 Å². The van der Waals surface area contributed by atoms with E-state index >= 15 is 0 Å². The minimum absolute atomic E-state index is 0.0393. The average molecular weight is 273 g/mol. The molecule has 20 heavy (non-hydrogen) atoms. The van der Waals surface area contributed by atoms with Gasteiger partial charge >= 0.3 is 0 Å². The molecular formula is C15H19N3O2. The number of benzene rings is 1. The topological polar surface area (TPSA) is 59.2 Å². The van der Waals surface area contributed by atoms with Crippen LogP contribution in [0.2, 0.25) is 0 Å². The summed E-state index contributed by atoms with van der Waals surface area (Å²) in [5.74, 6) is 1.64. The van der Waals surface area contributed by atoms with Gasteiger partial charge in [0.1, 0.15) is 12.7 Å². The third-order valence-corrected chi connectivity index (χ3v) is 3.52. The van der Waals surface area contributed by atoms with Crippen LogP contribution in [0.1, 0.15) is 17.0 Å². The summed E-state index contributed by atoms with van der Waals surface area (Å²) in [6.45, 7) is 6.16. The monoisotopic (exact) mass is 273 g/mol. The van der Waals surface area contributed by atoms with Gasteiger partial charge in [0.05, 0.1) is 5.69 Å². The molecule has 1 aliphatic heterocycles. The molecule has 0 aliphatic carbocycles. The van der Waals surface area contributed by atoms with Crippen LogP contribution in [-0.2, 0) is 6.54 Å². The molecule has 0 unspecified atom stereocenters. The standard InChI is InChI=1S/C15H19N3O2/c1-10-13(11(2)18-17-10)8-16-7-12-9-19-14-5-3-4-6-15(14)20-12/h3-6,12,16H,7-9H2,1-2H3,(H,17,18)/t12-/m1/s1. The molecule has 5 heteroatoms. The quantitative estimate of drug-likeness (QED) is 0.894. The average Bonchev–Trinajstić information content (AvgIpc) is 2.79. The summed E-state index contributed by atoms with van der Waals surface area (Å²) in [7, 11) is 0. The molecule has 2 N–H and O–H groups in total. The van der Waals surface area contributed by atoms with Crippen LogP contribution in [0.4, 0.5) is 0 Å². The molecular weight excluding hydrogens is 254 g/mol. The number of aromatic amines is 1. The Bertz CT molecular complexity index is 575. The Kier molecular flexibility index (Phi) is 3.60. The summed E-state index contributed by atoms with van der Waals surface area (Å²) < 4.78 is 11.6. The molecule has 3 rings (SSSR count). The van der Waals surface area contributed by atoms with E-state index < -0.39 is 0 Å². The van der Waals surface area contributed by atoms with E-state index in [1.54, 1.807) is 0 Å². The van der Waals surface area contributed by atoms with E-state index in [1.165, 1.54) is 5.56 Å². The van der Waals surface area contributed by atoms with E-state index in [-0.39, 0.29) is 6.10 Å². The van der Waals surface area contributed by atoms with Crippen LogP contribution in [0, 0.1) is 13.8 Å². The lowest BCUT2D eigenvalue weighted by Gasteiger charge is -2.26. The normalized spacial score (nSPS) is 17.2. The van der Waals surface area contributed by atoms with Gasteiger partial charge in [0, 0.05) is 24.3 Å². The summed E-state index contributed by atoms with van der Waals surface area (Å²) in [5, 5.41) is 10.6. The predicted molar refractivity (Wildman–Crippen MR) is 76.1 cm³/mol. The van der Waals surface area contributed by atoms with Crippen LogP contribution in [0.3, 0.4) is 0 Å². The van der Waals surface area contributed by atoms with Gasteiger partial charge in [-0.15, -0.1) is 0 Å². The highest BCUT2D eigenvalue weighted by atomic mass is 16.6. The fourth-order valence-electron chi connectivity index (χ4n) is 2.36. The molecule has 2 heterocycles. The molecule has 5 nitrogen and oxygen atoms in total. The van der Waals surface area contributed by atoms with Gasteiger partial charge in [-0.25, -0.2) is 0 Å². The second-order valence-electron chi connectivity index (χ2n) is 5.04. The van der Waals surface area contributed by atoms with Crippen LogP contribution in [0.25, 0.3) is 0 Å². The molecule has 0 spiro atoms. The van der Waals surface area contributed by atoms with Crippen molar-refractivity contribution < 1.29 is 9.47 Å². The molecule has 0 amide bonds. The van der Waals surface area contributed by atoms with Crippen molar-refractivity contribution in [2.45, 2.75) is 26.5 Å². The number of fused-ring (bicyclic) bond motifs is 1. The number of hydrogen-bond acceptors (Lipinski definition) is 4. The minimum atomic E-state index is 0.0393. The number of nitrogens with one attached hydrogen (secondary N) is 2. The number of rotatable bonds is 4. The minimum Gasteiger partial charge on any atom is -0.486 e. The fourth-order valence-corrected chi connectivity index (χ4v) is 2.36. The number of nitrogens with zero attached hydrogens (tertiary/aromatic N) is 1. The van der Waals surface area contributed by atoms with E-state index in [9.17, 15) is 0 Å². The second-order valence-corrected chi connectivity index (χ2v) is 5.04. The van der Waals surface area contributed by atoms with Crippen molar-refractivity contribution >= 4 is 0 Å². The zero-order chi connectivity index (χ0) is 13.9. The molecule has 2 aromatic rings. The van der Waals surface area contributed by atoms with Crippen molar-refractivity contribution in [3.63, 3.8) is 0 Å². The van der Waals surface area contributed by atoms with Gasteiger partial charge in [-0.05, 0) is 26.0 Å². The zero-order valence-electron chi connectivity index (χ0n) is 11.8. The van der Waals surface area contributed by atoms with E-state index in [0.29, 0.717) is 6.61 Å².